The van der Waals surface area contributed by atoms with Crippen molar-refractivity contribution in [2.75, 3.05) is 13.1 Å². The minimum absolute atomic E-state index is 0.347. The van der Waals surface area contributed by atoms with Crippen LogP contribution < -0.4 is 0 Å². The number of hydrogen-bond acceptors (Lipinski definition) is 3. The van der Waals surface area contributed by atoms with Gasteiger partial charge in [0, 0.05) is 25.4 Å². The average molecular weight is 238 g/mol. The van der Waals surface area contributed by atoms with E-state index in [1.807, 2.05) is 0 Å². The number of rotatable bonds is 4. The molecule has 1 fully saturated rings. The Bertz CT molecular complexity index is 260. The van der Waals surface area contributed by atoms with Gasteiger partial charge < -0.3 is 0 Å². The van der Waals surface area contributed by atoms with Crippen LogP contribution in [-0.4, -0.2) is 30.1 Å². The van der Waals surface area contributed by atoms with Crippen molar-refractivity contribution in [3.05, 3.63) is 4.91 Å². The van der Waals surface area contributed by atoms with Crippen LogP contribution in [0.15, 0.2) is 5.29 Å². The molecule has 0 aromatic rings. The van der Waals surface area contributed by atoms with Crippen molar-refractivity contribution in [2.24, 2.45) is 11.2 Å². The third-order valence-electron chi connectivity index (χ3n) is 2.70. The number of nitroso groups, excluding NO2 is 1. The highest BCUT2D eigenvalue weighted by Crippen LogP contribution is 2.25. The zero-order valence-corrected chi connectivity index (χ0v) is 8.66. The largest absolute Gasteiger partial charge is 0.389 e. The van der Waals surface area contributed by atoms with E-state index in [-0.39, 0.29) is 11.7 Å². The van der Waals surface area contributed by atoms with E-state index in [0.717, 1.165) is 0 Å². The van der Waals surface area contributed by atoms with E-state index in [0.29, 0.717) is 25.9 Å². The molecule has 0 N–H and O–H groups in total. The van der Waals surface area contributed by atoms with Crippen molar-refractivity contribution in [1.29, 1.82) is 0 Å². The number of nitrogens with zero attached hydrogens (tertiary/aromatic N) is 2. The number of ketones is 1. The number of halogens is 3. The number of piperidine rings is 1. The highest BCUT2D eigenvalue weighted by atomic mass is 19.4. The molecule has 92 valence electrons. The standard InChI is InChI=1S/C9H13F3N2O2/c10-9(11,12)4-1-8(15)7-2-5-14(13-16)6-3-7/h7H,1-6H2. The summed E-state index contributed by atoms with van der Waals surface area (Å²) in [4.78, 5) is 21.5. The SMILES string of the molecule is O=NN1CCC(C(=O)CCC(F)(F)F)CC1. The second-order valence-corrected chi connectivity index (χ2v) is 3.89. The summed E-state index contributed by atoms with van der Waals surface area (Å²) >= 11 is 0. The lowest BCUT2D eigenvalue weighted by Crippen LogP contribution is -2.33. The Labute approximate surface area is 90.7 Å². The Hall–Kier alpha value is -1.14. The van der Waals surface area contributed by atoms with E-state index in [4.69, 9.17) is 0 Å². The van der Waals surface area contributed by atoms with Gasteiger partial charge in [-0.05, 0) is 12.8 Å². The van der Waals surface area contributed by atoms with Crippen LogP contribution in [0.5, 0.6) is 0 Å². The molecule has 7 heteroatoms. The quantitative estimate of drug-likeness (QED) is 0.706. The smallest absolute Gasteiger partial charge is 0.299 e. The minimum atomic E-state index is -4.28. The lowest BCUT2D eigenvalue weighted by molar-refractivity contribution is -0.145. The summed E-state index contributed by atoms with van der Waals surface area (Å²) in [6.07, 6.45) is -4.95. The Morgan fingerprint density at radius 2 is 1.88 bits per heavy atom. The zero-order chi connectivity index (χ0) is 12.2. The maximum atomic E-state index is 11.9. The van der Waals surface area contributed by atoms with E-state index in [1.54, 1.807) is 0 Å². The fourth-order valence-corrected chi connectivity index (χ4v) is 1.74. The summed E-state index contributed by atoms with van der Waals surface area (Å²) in [5, 5.41) is 4.00. The summed E-state index contributed by atoms with van der Waals surface area (Å²) < 4.78 is 35.6. The molecule has 0 radical (unpaired) electrons. The first-order valence-corrected chi connectivity index (χ1v) is 5.10. The first-order chi connectivity index (χ1) is 7.42. The van der Waals surface area contributed by atoms with Gasteiger partial charge >= 0.3 is 6.18 Å². The van der Waals surface area contributed by atoms with Crippen LogP contribution in [0.3, 0.4) is 0 Å². The lowest BCUT2D eigenvalue weighted by Gasteiger charge is -2.26. The van der Waals surface area contributed by atoms with Crippen molar-refractivity contribution in [3.8, 4) is 0 Å². The predicted molar refractivity (Wildman–Crippen MR) is 50.4 cm³/mol. The van der Waals surface area contributed by atoms with Gasteiger partial charge in [0.1, 0.15) is 5.78 Å². The summed E-state index contributed by atoms with van der Waals surface area (Å²) in [6, 6.07) is 0. The Morgan fingerprint density at radius 3 is 2.31 bits per heavy atom. The molecular formula is C9H13F3N2O2. The van der Waals surface area contributed by atoms with E-state index in [2.05, 4.69) is 5.29 Å². The average Bonchev–Trinajstić information content (AvgIpc) is 2.25. The molecular weight excluding hydrogens is 225 g/mol. The van der Waals surface area contributed by atoms with Crippen LogP contribution >= 0.6 is 0 Å². The third kappa shape index (κ3) is 4.16. The zero-order valence-electron chi connectivity index (χ0n) is 8.66. The molecule has 0 unspecified atom stereocenters. The summed E-state index contributed by atoms with van der Waals surface area (Å²) in [7, 11) is 0. The van der Waals surface area contributed by atoms with Gasteiger partial charge in [-0.2, -0.15) is 13.2 Å². The van der Waals surface area contributed by atoms with Gasteiger partial charge in [0.05, 0.1) is 11.7 Å². The van der Waals surface area contributed by atoms with Gasteiger partial charge in [0.15, 0.2) is 0 Å². The molecule has 0 bridgehead atoms. The van der Waals surface area contributed by atoms with Crippen molar-refractivity contribution in [2.45, 2.75) is 31.9 Å². The molecule has 1 rings (SSSR count). The van der Waals surface area contributed by atoms with E-state index in [1.165, 1.54) is 5.01 Å². The first kappa shape index (κ1) is 12.9. The van der Waals surface area contributed by atoms with Crippen LogP contribution in [-0.2, 0) is 4.79 Å². The minimum Gasteiger partial charge on any atom is -0.299 e. The first-order valence-electron chi connectivity index (χ1n) is 5.10. The third-order valence-corrected chi connectivity index (χ3v) is 2.70. The summed E-state index contributed by atoms with van der Waals surface area (Å²) in [5.74, 6) is -0.705. The number of carbonyl (C=O) groups excluding carboxylic acids is 1. The summed E-state index contributed by atoms with van der Waals surface area (Å²) in [5.41, 5.74) is 0. The molecule has 1 heterocycles. The second kappa shape index (κ2) is 5.27. The number of hydrogen-bond donors (Lipinski definition) is 0. The van der Waals surface area contributed by atoms with Crippen molar-refractivity contribution < 1.29 is 18.0 Å². The molecule has 4 nitrogen and oxygen atoms in total. The van der Waals surface area contributed by atoms with E-state index in [9.17, 15) is 22.9 Å². The van der Waals surface area contributed by atoms with Gasteiger partial charge in [-0.15, -0.1) is 4.91 Å². The molecule has 0 aromatic carbocycles. The fraction of sp³-hybridized carbons (Fsp3) is 0.889. The van der Waals surface area contributed by atoms with Gasteiger partial charge in [-0.1, -0.05) is 0 Å². The highest BCUT2D eigenvalue weighted by Gasteiger charge is 2.31. The van der Waals surface area contributed by atoms with Gasteiger partial charge in [-0.25, -0.2) is 0 Å². The second-order valence-electron chi connectivity index (χ2n) is 3.89. The van der Waals surface area contributed by atoms with Crippen LogP contribution in [0.1, 0.15) is 25.7 Å². The highest BCUT2D eigenvalue weighted by molar-refractivity contribution is 5.81. The van der Waals surface area contributed by atoms with Crippen molar-refractivity contribution in [3.63, 3.8) is 0 Å². The molecule has 1 aliphatic rings. The molecule has 0 atom stereocenters. The molecule has 0 spiro atoms. The molecule has 16 heavy (non-hydrogen) atoms. The van der Waals surface area contributed by atoms with Crippen LogP contribution in [0, 0.1) is 10.8 Å². The van der Waals surface area contributed by atoms with Crippen LogP contribution in [0.25, 0.3) is 0 Å². The molecule has 1 saturated heterocycles. The van der Waals surface area contributed by atoms with Gasteiger partial charge in [0.25, 0.3) is 0 Å². The number of Topliss-reactive ketones (excluding diaryl/α,β-unsaturated/α-hetero) is 1. The molecule has 0 aliphatic carbocycles. The number of carbonyl (C=O) groups is 1. The molecule has 0 amide bonds. The maximum Gasteiger partial charge on any atom is 0.389 e. The topological polar surface area (TPSA) is 49.7 Å². The van der Waals surface area contributed by atoms with Crippen LogP contribution in [0.2, 0.25) is 0 Å². The molecule has 1 aliphatic heterocycles. The van der Waals surface area contributed by atoms with E-state index < -0.39 is 19.0 Å². The fourth-order valence-electron chi connectivity index (χ4n) is 1.74. The maximum absolute atomic E-state index is 11.9. The molecule has 0 aromatic heterocycles. The Balaban J connectivity index is 2.31. The monoisotopic (exact) mass is 238 g/mol. The lowest BCUT2D eigenvalue weighted by atomic mass is 9.91. The van der Waals surface area contributed by atoms with Crippen molar-refractivity contribution >= 4 is 5.78 Å². The Morgan fingerprint density at radius 1 is 1.31 bits per heavy atom. The Kier molecular flexibility index (Phi) is 4.26. The van der Waals surface area contributed by atoms with Crippen molar-refractivity contribution in [1.82, 2.24) is 5.01 Å². The number of alkyl halides is 3. The van der Waals surface area contributed by atoms with Crippen LogP contribution in [0.4, 0.5) is 13.2 Å². The van der Waals surface area contributed by atoms with E-state index >= 15 is 0 Å². The van der Waals surface area contributed by atoms with Gasteiger partial charge in [-0.3, -0.25) is 9.80 Å². The van der Waals surface area contributed by atoms with Gasteiger partial charge in [0.2, 0.25) is 0 Å². The predicted octanol–water partition coefficient (Wildman–Crippen LogP) is 2.29. The molecule has 0 saturated carbocycles. The summed E-state index contributed by atoms with van der Waals surface area (Å²) in [6.45, 7) is 0.706. The normalized spacial score (nSPS) is 18.6.